The molecule has 1 aliphatic carbocycles. The van der Waals surface area contributed by atoms with E-state index in [-0.39, 0.29) is 22.8 Å². The molecular formula is C30H46N2O2. The van der Waals surface area contributed by atoms with Crippen LogP contribution < -0.4 is 5.32 Å². The normalized spacial score (nSPS) is 17.4. The van der Waals surface area contributed by atoms with E-state index < -0.39 is 0 Å². The van der Waals surface area contributed by atoms with Gasteiger partial charge >= 0.3 is 0 Å². The molecule has 1 amide bonds. The summed E-state index contributed by atoms with van der Waals surface area (Å²) in [7, 11) is 0. The van der Waals surface area contributed by atoms with E-state index in [2.05, 4.69) is 77.7 Å². The van der Waals surface area contributed by atoms with Crippen LogP contribution in [-0.2, 0) is 17.3 Å². The van der Waals surface area contributed by atoms with Crippen LogP contribution in [0.25, 0.3) is 0 Å². The molecule has 34 heavy (non-hydrogen) atoms. The molecule has 2 aromatic rings. The second kappa shape index (κ2) is 10.7. The summed E-state index contributed by atoms with van der Waals surface area (Å²) in [6, 6.07) is 8.68. The molecule has 4 nitrogen and oxygen atoms in total. The molecule has 0 spiro atoms. The summed E-state index contributed by atoms with van der Waals surface area (Å²) in [6.07, 6.45) is 5.18. The number of benzene rings is 1. The van der Waals surface area contributed by atoms with E-state index in [4.69, 9.17) is 4.42 Å². The van der Waals surface area contributed by atoms with Gasteiger partial charge in [0.25, 0.3) is 5.91 Å². The van der Waals surface area contributed by atoms with Crippen molar-refractivity contribution in [2.75, 3.05) is 19.6 Å². The standard InChI is InChI=1S/C30H46N2O2/c1-9-32(10-2)17-11-12-22(4)31-28(33)27-14-13-24(34-27)19-23-20-26-25(18-21(23)3)29(5,6)15-16-30(26,7)8/h13-14,18,20,22H,9-12,15-17,19H2,1-8H3,(H,31,33). The highest BCUT2D eigenvalue weighted by Gasteiger charge is 2.37. The smallest absolute Gasteiger partial charge is 0.287 e. The molecule has 1 aliphatic rings. The number of aryl methyl sites for hydroxylation is 1. The quantitative estimate of drug-likeness (QED) is 0.420. The Morgan fingerprint density at radius 2 is 1.68 bits per heavy atom. The third kappa shape index (κ3) is 6.13. The maximum absolute atomic E-state index is 12.7. The lowest BCUT2D eigenvalue weighted by atomic mass is 9.62. The predicted molar refractivity (Wildman–Crippen MR) is 142 cm³/mol. The van der Waals surface area contributed by atoms with Gasteiger partial charge in [0.2, 0.25) is 0 Å². The monoisotopic (exact) mass is 466 g/mol. The summed E-state index contributed by atoms with van der Waals surface area (Å²) in [5, 5.41) is 3.10. The molecule has 1 aromatic heterocycles. The van der Waals surface area contributed by atoms with Gasteiger partial charge in [0.05, 0.1) is 0 Å². The van der Waals surface area contributed by atoms with Gasteiger partial charge in [-0.05, 0) is 104 Å². The number of amides is 1. The molecule has 1 N–H and O–H groups in total. The Bertz CT molecular complexity index is 982. The predicted octanol–water partition coefficient (Wildman–Crippen LogP) is 6.77. The first-order valence-electron chi connectivity index (χ1n) is 13.2. The summed E-state index contributed by atoms with van der Waals surface area (Å²) in [5.41, 5.74) is 5.94. The summed E-state index contributed by atoms with van der Waals surface area (Å²) < 4.78 is 6.00. The molecule has 188 valence electrons. The van der Waals surface area contributed by atoms with Crippen LogP contribution in [0.15, 0.2) is 28.7 Å². The Morgan fingerprint density at radius 3 is 2.29 bits per heavy atom. The number of hydrogen-bond acceptors (Lipinski definition) is 3. The number of carbonyl (C=O) groups is 1. The molecule has 0 radical (unpaired) electrons. The van der Waals surface area contributed by atoms with Crippen molar-refractivity contribution in [3.8, 4) is 0 Å². The van der Waals surface area contributed by atoms with Gasteiger partial charge in [-0.2, -0.15) is 0 Å². The first kappa shape index (κ1) is 26.5. The Morgan fingerprint density at radius 1 is 1.06 bits per heavy atom. The number of carbonyl (C=O) groups excluding carboxylic acids is 1. The molecule has 0 fully saturated rings. The highest BCUT2D eigenvalue weighted by atomic mass is 16.3. The summed E-state index contributed by atoms with van der Waals surface area (Å²) >= 11 is 0. The van der Waals surface area contributed by atoms with Gasteiger partial charge in [-0.1, -0.05) is 53.7 Å². The first-order valence-corrected chi connectivity index (χ1v) is 13.2. The topological polar surface area (TPSA) is 45.5 Å². The fourth-order valence-corrected chi connectivity index (χ4v) is 5.27. The van der Waals surface area contributed by atoms with Crippen LogP contribution in [0, 0.1) is 6.92 Å². The minimum atomic E-state index is -0.119. The molecule has 0 bridgehead atoms. The summed E-state index contributed by atoms with van der Waals surface area (Å²) in [6.45, 7) is 21.3. The van der Waals surface area contributed by atoms with Gasteiger partial charge in [-0.3, -0.25) is 4.79 Å². The highest BCUT2D eigenvalue weighted by molar-refractivity contribution is 5.91. The van der Waals surface area contributed by atoms with Crippen molar-refractivity contribution >= 4 is 5.91 Å². The van der Waals surface area contributed by atoms with Gasteiger partial charge in [-0.15, -0.1) is 0 Å². The zero-order valence-corrected chi connectivity index (χ0v) is 22.8. The molecule has 1 atom stereocenters. The van der Waals surface area contributed by atoms with Gasteiger partial charge in [0, 0.05) is 12.5 Å². The van der Waals surface area contributed by atoms with Crippen molar-refractivity contribution in [3.63, 3.8) is 0 Å². The van der Waals surface area contributed by atoms with E-state index in [1.54, 1.807) is 0 Å². The second-order valence-corrected chi connectivity index (χ2v) is 11.6. The van der Waals surface area contributed by atoms with Crippen LogP contribution in [-0.4, -0.2) is 36.5 Å². The van der Waals surface area contributed by atoms with E-state index in [1.807, 2.05) is 12.1 Å². The van der Waals surface area contributed by atoms with Crippen molar-refractivity contribution in [1.82, 2.24) is 10.2 Å². The molecule has 1 unspecified atom stereocenters. The van der Waals surface area contributed by atoms with Crippen LogP contribution in [0.5, 0.6) is 0 Å². The first-order chi connectivity index (χ1) is 16.0. The molecule has 1 aromatic carbocycles. The number of nitrogens with one attached hydrogen (secondary N) is 1. The van der Waals surface area contributed by atoms with Crippen LogP contribution >= 0.6 is 0 Å². The average Bonchev–Trinajstić information content (AvgIpc) is 3.24. The Labute approximate surface area is 207 Å². The maximum atomic E-state index is 12.7. The van der Waals surface area contributed by atoms with Gasteiger partial charge in [-0.25, -0.2) is 0 Å². The van der Waals surface area contributed by atoms with E-state index in [0.29, 0.717) is 12.2 Å². The van der Waals surface area contributed by atoms with Crippen molar-refractivity contribution < 1.29 is 9.21 Å². The molecule has 1 heterocycles. The largest absolute Gasteiger partial charge is 0.456 e. The number of rotatable bonds is 10. The lowest BCUT2D eigenvalue weighted by molar-refractivity contribution is 0.0907. The second-order valence-electron chi connectivity index (χ2n) is 11.6. The van der Waals surface area contributed by atoms with Gasteiger partial charge in [0.1, 0.15) is 5.76 Å². The zero-order chi connectivity index (χ0) is 25.1. The highest BCUT2D eigenvalue weighted by Crippen LogP contribution is 2.46. The summed E-state index contributed by atoms with van der Waals surface area (Å²) in [5.74, 6) is 1.13. The van der Waals surface area contributed by atoms with Crippen LogP contribution in [0.3, 0.4) is 0 Å². The fraction of sp³-hybridized carbons (Fsp3) is 0.633. The molecule has 4 heteroatoms. The molecule has 0 saturated carbocycles. The fourth-order valence-electron chi connectivity index (χ4n) is 5.27. The maximum Gasteiger partial charge on any atom is 0.287 e. The minimum absolute atomic E-state index is 0.119. The summed E-state index contributed by atoms with van der Waals surface area (Å²) in [4.78, 5) is 15.1. The van der Waals surface area contributed by atoms with Gasteiger partial charge in [0.15, 0.2) is 5.76 Å². The lowest BCUT2D eigenvalue weighted by Crippen LogP contribution is -2.34. The third-order valence-electron chi connectivity index (χ3n) is 7.94. The van der Waals surface area contributed by atoms with Crippen molar-refractivity contribution in [2.24, 2.45) is 0 Å². The number of furan rings is 1. The van der Waals surface area contributed by atoms with Crippen LogP contribution in [0.4, 0.5) is 0 Å². The van der Waals surface area contributed by atoms with Crippen LogP contribution in [0.2, 0.25) is 0 Å². The van der Waals surface area contributed by atoms with Gasteiger partial charge < -0.3 is 14.6 Å². The van der Waals surface area contributed by atoms with Crippen molar-refractivity contribution in [3.05, 3.63) is 58.0 Å². The molecule has 3 rings (SSSR count). The zero-order valence-electron chi connectivity index (χ0n) is 22.8. The number of hydrogen-bond donors (Lipinski definition) is 1. The van der Waals surface area contributed by atoms with Crippen LogP contribution in [0.1, 0.15) is 113 Å². The average molecular weight is 467 g/mol. The SMILES string of the molecule is CCN(CC)CCCC(C)NC(=O)c1ccc(Cc2cc3c(cc2C)C(C)(C)CCC3(C)C)o1. The number of fused-ring (bicyclic) bond motifs is 1. The molecule has 0 aliphatic heterocycles. The van der Waals surface area contributed by atoms with E-state index in [1.165, 1.54) is 35.1 Å². The van der Waals surface area contributed by atoms with Crippen molar-refractivity contribution in [1.29, 1.82) is 0 Å². The van der Waals surface area contributed by atoms with E-state index in [9.17, 15) is 4.79 Å². The Kier molecular flexibility index (Phi) is 8.34. The Balaban J connectivity index is 1.65. The Hall–Kier alpha value is -2.07. The lowest BCUT2D eigenvalue weighted by Gasteiger charge is -2.42. The van der Waals surface area contributed by atoms with Crippen molar-refractivity contribution in [2.45, 2.75) is 104 Å². The molecular weight excluding hydrogens is 420 g/mol. The minimum Gasteiger partial charge on any atom is -0.456 e. The third-order valence-corrected chi connectivity index (χ3v) is 7.94. The van der Waals surface area contributed by atoms with E-state index >= 15 is 0 Å². The number of nitrogens with zero attached hydrogens (tertiary/aromatic N) is 1. The van der Waals surface area contributed by atoms with E-state index in [0.717, 1.165) is 38.2 Å². The molecule has 0 saturated heterocycles.